The van der Waals surface area contributed by atoms with Crippen molar-refractivity contribution in [2.24, 2.45) is 0 Å². The lowest BCUT2D eigenvalue weighted by Crippen LogP contribution is -2.44. The fourth-order valence-electron chi connectivity index (χ4n) is 5.05. The van der Waals surface area contributed by atoms with Crippen LogP contribution in [0.4, 0.5) is 5.69 Å². The number of H-pyrrole nitrogens is 1. The molecule has 1 amide bonds. The summed E-state index contributed by atoms with van der Waals surface area (Å²) >= 11 is 5.90. The molecule has 2 unspecified atom stereocenters. The van der Waals surface area contributed by atoms with E-state index in [0.29, 0.717) is 11.5 Å². The average molecular weight is 440 g/mol. The number of benzene rings is 3. The molecular formula is C26H21N3O2S. The number of aromatic nitrogens is 1. The van der Waals surface area contributed by atoms with E-state index < -0.39 is 6.04 Å². The molecule has 2 aliphatic rings. The van der Waals surface area contributed by atoms with Gasteiger partial charge in [-0.2, -0.15) is 0 Å². The van der Waals surface area contributed by atoms with Crippen LogP contribution in [-0.2, 0) is 11.2 Å². The Hall–Kier alpha value is -3.64. The van der Waals surface area contributed by atoms with Crippen molar-refractivity contribution >= 4 is 39.8 Å². The van der Waals surface area contributed by atoms with Crippen molar-refractivity contribution in [3.05, 3.63) is 95.2 Å². The van der Waals surface area contributed by atoms with E-state index in [9.17, 15) is 9.90 Å². The lowest BCUT2D eigenvalue weighted by Gasteiger charge is -2.37. The molecule has 3 aromatic carbocycles. The van der Waals surface area contributed by atoms with E-state index in [1.807, 2.05) is 60.4 Å². The molecule has 2 aliphatic heterocycles. The molecule has 32 heavy (non-hydrogen) atoms. The maximum Gasteiger partial charge on any atom is 0.256 e. The molecule has 6 rings (SSSR count). The van der Waals surface area contributed by atoms with Gasteiger partial charge in [-0.1, -0.05) is 48.0 Å². The number of fused-ring (bicyclic) bond motifs is 4. The minimum atomic E-state index is -0.400. The van der Waals surface area contributed by atoms with Crippen LogP contribution in [0.1, 0.15) is 28.4 Å². The number of anilines is 1. The highest BCUT2D eigenvalue weighted by Gasteiger charge is 2.51. The number of phenols is 1. The van der Waals surface area contributed by atoms with Gasteiger partial charge in [0.15, 0.2) is 5.11 Å². The highest BCUT2D eigenvalue weighted by molar-refractivity contribution is 7.80. The van der Waals surface area contributed by atoms with Crippen LogP contribution in [0.25, 0.3) is 10.9 Å². The van der Waals surface area contributed by atoms with Crippen LogP contribution in [0.2, 0.25) is 0 Å². The van der Waals surface area contributed by atoms with Gasteiger partial charge in [0.25, 0.3) is 5.91 Å². The lowest BCUT2D eigenvalue weighted by atomic mass is 9.89. The van der Waals surface area contributed by atoms with Crippen LogP contribution < -0.4 is 4.90 Å². The summed E-state index contributed by atoms with van der Waals surface area (Å²) in [6.07, 6.45) is 0.579. The van der Waals surface area contributed by atoms with Gasteiger partial charge in [0.05, 0.1) is 11.7 Å². The summed E-state index contributed by atoms with van der Waals surface area (Å²) in [6.45, 7) is 2.02. The number of carbonyl (C=O) groups excluding carboxylic acids is 1. The van der Waals surface area contributed by atoms with Gasteiger partial charge in [-0.15, -0.1) is 0 Å². The van der Waals surface area contributed by atoms with Gasteiger partial charge in [-0.25, -0.2) is 0 Å². The first-order valence-corrected chi connectivity index (χ1v) is 11.0. The number of aromatic amines is 1. The molecule has 1 aromatic heterocycles. The fraction of sp³-hybridized carbons (Fsp3) is 0.154. The minimum Gasteiger partial charge on any atom is -0.508 e. The normalized spacial score (nSPS) is 20.0. The molecule has 0 aliphatic carbocycles. The van der Waals surface area contributed by atoms with Crippen molar-refractivity contribution < 1.29 is 9.90 Å². The number of nitrogens with one attached hydrogen (secondary N) is 1. The van der Waals surface area contributed by atoms with Gasteiger partial charge >= 0.3 is 0 Å². The predicted octanol–water partition coefficient (Wildman–Crippen LogP) is 4.83. The molecule has 0 bridgehead atoms. The maximum absolute atomic E-state index is 13.7. The molecule has 0 spiro atoms. The second-order valence-electron chi connectivity index (χ2n) is 8.48. The van der Waals surface area contributed by atoms with E-state index in [4.69, 9.17) is 12.2 Å². The zero-order valence-corrected chi connectivity index (χ0v) is 18.3. The second kappa shape index (κ2) is 6.93. The van der Waals surface area contributed by atoms with Gasteiger partial charge in [0.1, 0.15) is 11.8 Å². The van der Waals surface area contributed by atoms with Crippen LogP contribution in [0.3, 0.4) is 0 Å². The number of thiocarbonyl (C=S) groups is 1. The van der Waals surface area contributed by atoms with Crippen molar-refractivity contribution in [2.45, 2.75) is 25.4 Å². The molecule has 2 N–H and O–H groups in total. The third-order valence-electron chi connectivity index (χ3n) is 6.53. The first-order chi connectivity index (χ1) is 15.5. The maximum atomic E-state index is 13.7. The van der Waals surface area contributed by atoms with E-state index in [1.165, 1.54) is 0 Å². The van der Waals surface area contributed by atoms with E-state index in [1.54, 1.807) is 17.0 Å². The van der Waals surface area contributed by atoms with E-state index in [2.05, 4.69) is 17.1 Å². The van der Waals surface area contributed by atoms with Gasteiger partial charge in [0, 0.05) is 23.0 Å². The topological polar surface area (TPSA) is 59.6 Å². The fourth-order valence-corrected chi connectivity index (χ4v) is 5.48. The zero-order chi connectivity index (χ0) is 22.0. The third kappa shape index (κ3) is 2.69. The Morgan fingerprint density at radius 2 is 1.81 bits per heavy atom. The largest absolute Gasteiger partial charge is 0.508 e. The lowest BCUT2D eigenvalue weighted by molar-refractivity contribution is -0.120. The Morgan fingerprint density at radius 1 is 1.03 bits per heavy atom. The van der Waals surface area contributed by atoms with Gasteiger partial charge in [-0.05, 0) is 60.6 Å². The molecular weight excluding hydrogens is 418 g/mol. The number of carbonyl (C=O) groups is 1. The summed E-state index contributed by atoms with van der Waals surface area (Å²) in [5.74, 6) is 0.175. The van der Waals surface area contributed by atoms with Gasteiger partial charge < -0.3 is 15.0 Å². The molecule has 158 valence electrons. The van der Waals surface area contributed by atoms with Crippen LogP contribution in [0, 0.1) is 6.92 Å². The standard InChI is InChI=1S/C26H21N3O2S/c1-15-9-11-17(12-10-15)28-25(31)22-14-20-19-7-2-3-8-21(19)27-23(20)24(29(22)26(28)32)16-5-4-6-18(30)13-16/h2-13,22,24,27,30H,14H2,1H3. The van der Waals surface area contributed by atoms with E-state index >= 15 is 0 Å². The first kappa shape index (κ1) is 19.1. The summed E-state index contributed by atoms with van der Waals surface area (Å²) in [5, 5.41) is 11.8. The summed E-state index contributed by atoms with van der Waals surface area (Å²) in [5.41, 5.74) is 6.00. The van der Waals surface area contributed by atoms with Gasteiger partial charge in [-0.3, -0.25) is 9.69 Å². The molecule has 4 aromatic rings. The number of hydrogen-bond donors (Lipinski definition) is 2. The summed E-state index contributed by atoms with van der Waals surface area (Å²) in [4.78, 5) is 21.0. The highest BCUT2D eigenvalue weighted by atomic mass is 32.1. The van der Waals surface area contributed by atoms with Crippen molar-refractivity contribution in [1.82, 2.24) is 9.88 Å². The highest BCUT2D eigenvalue weighted by Crippen LogP contribution is 2.45. The van der Waals surface area contributed by atoms with Crippen molar-refractivity contribution in [2.75, 3.05) is 4.90 Å². The van der Waals surface area contributed by atoms with Crippen molar-refractivity contribution in [1.29, 1.82) is 0 Å². The third-order valence-corrected chi connectivity index (χ3v) is 6.92. The average Bonchev–Trinajstić information content (AvgIpc) is 3.28. The number of amides is 1. The number of para-hydroxylation sites is 1. The van der Waals surface area contributed by atoms with Crippen molar-refractivity contribution in [3.8, 4) is 5.75 Å². The predicted molar refractivity (Wildman–Crippen MR) is 129 cm³/mol. The minimum absolute atomic E-state index is 0.0139. The molecule has 3 heterocycles. The molecule has 5 nitrogen and oxygen atoms in total. The number of nitrogens with zero attached hydrogens (tertiary/aromatic N) is 2. The number of rotatable bonds is 2. The second-order valence-corrected chi connectivity index (χ2v) is 8.84. The number of aromatic hydroxyl groups is 1. The quantitative estimate of drug-likeness (QED) is 0.439. The van der Waals surface area contributed by atoms with Crippen LogP contribution in [0.5, 0.6) is 5.75 Å². The summed E-state index contributed by atoms with van der Waals surface area (Å²) < 4.78 is 0. The summed E-state index contributed by atoms with van der Waals surface area (Å²) in [7, 11) is 0. The summed E-state index contributed by atoms with van der Waals surface area (Å²) in [6, 6.07) is 22.5. The van der Waals surface area contributed by atoms with Crippen molar-refractivity contribution in [3.63, 3.8) is 0 Å². The van der Waals surface area contributed by atoms with E-state index in [0.717, 1.165) is 39.0 Å². The molecule has 1 saturated heterocycles. The van der Waals surface area contributed by atoms with Crippen LogP contribution in [-0.4, -0.2) is 32.1 Å². The molecule has 0 saturated carbocycles. The molecule has 2 atom stereocenters. The Labute approximate surface area is 190 Å². The monoisotopic (exact) mass is 439 g/mol. The molecule has 6 heteroatoms. The van der Waals surface area contributed by atoms with Gasteiger partial charge in [0.2, 0.25) is 0 Å². The Balaban J connectivity index is 1.55. The van der Waals surface area contributed by atoms with Crippen LogP contribution >= 0.6 is 12.2 Å². The van der Waals surface area contributed by atoms with E-state index in [-0.39, 0.29) is 17.7 Å². The first-order valence-electron chi connectivity index (χ1n) is 10.6. The SMILES string of the molecule is Cc1ccc(N2C(=O)C3Cc4c([nH]c5ccccc45)C(c4cccc(O)c4)N3C2=S)cc1. The Kier molecular flexibility index (Phi) is 4.13. The smallest absolute Gasteiger partial charge is 0.256 e. The Bertz CT molecular complexity index is 1390. The Morgan fingerprint density at radius 3 is 2.59 bits per heavy atom. The zero-order valence-electron chi connectivity index (χ0n) is 17.4. The molecule has 1 fully saturated rings. The number of hydrogen-bond acceptors (Lipinski definition) is 3. The number of aryl methyl sites for hydroxylation is 1. The van der Waals surface area contributed by atoms with Crippen LogP contribution in [0.15, 0.2) is 72.8 Å². The molecule has 0 radical (unpaired) electrons. The number of phenolic OH excluding ortho intramolecular Hbond substituents is 1.